The van der Waals surface area contributed by atoms with Crippen molar-refractivity contribution in [3.8, 4) is 5.75 Å². The molecule has 22 heavy (non-hydrogen) atoms. The van der Waals surface area contributed by atoms with Crippen molar-refractivity contribution in [3.63, 3.8) is 0 Å². The Labute approximate surface area is 139 Å². The Morgan fingerprint density at radius 2 is 1.86 bits per heavy atom. The number of rotatable bonds is 5. The molecule has 0 aliphatic heterocycles. The van der Waals surface area contributed by atoms with Crippen molar-refractivity contribution < 1.29 is 9.53 Å². The number of hydrogen-bond acceptors (Lipinski definition) is 2. The average Bonchev–Trinajstić information content (AvgIpc) is 2.50. The van der Waals surface area contributed by atoms with E-state index in [1.54, 1.807) is 42.5 Å². The van der Waals surface area contributed by atoms with E-state index in [1.165, 1.54) is 0 Å². The van der Waals surface area contributed by atoms with Crippen LogP contribution in [0.1, 0.15) is 5.56 Å². The van der Waals surface area contributed by atoms with Gasteiger partial charge in [0.15, 0.2) is 0 Å². The third-order valence-electron chi connectivity index (χ3n) is 2.99. The van der Waals surface area contributed by atoms with Crippen molar-refractivity contribution in [2.45, 2.75) is 6.92 Å². The van der Waals surface area contributed by atoms with Gasteiger partial charge in [-0.05, 0) is 48.9 Å². The smallest absolute Gasteiger partial charge is 0.319 e. The molecule has 116 valence electrons. The van der Waals surface area contributed by atoms with E-state index in [0.29, 0.717) is 34.6 Å². The lowest BCUT2D eigenvalue weighted by Gasteiger charge is -2.11. The molecule has 0 aromatic heterocycles. The van der Waals surface area contributed by atoms with Gasteiger partial charge in [-0.25, -0.2) is 4.79 Å². The van der Waals surface area contributed by atoms with Crippen LogP contribution in [-0.4, -0.2) is 19.2 Å². The van der Waals surface area contributed by atoms with Gasteiger partial charge in [0.05, 0.1) is 6.54 Å². The maximum absolute atomic E-state index is 11.8. The number of amides is 2. The minimum Gasteiger partial charge on any atom is -0.492 e. The molecular formula is C16H16Cl2N2O2. The summed E-state index contributed by atoms with van der Waals surface area (Å²) in [4.78, 5) is 11.8. The maximum atomic E-state index is 11.8. The first-order valence-electron chi connectivity index (χ1n) is 6.74. The van der Waals surface area contributed by atoms with Crippen molar-refractivity contribution in [3.05, 3.63) is 58.1 Å². The molecule has 0 saturated heterocycles. The van der Waals surface area contributed by atoms with Gasteiger partial charge in [0.25, 0.3) is 0 Å². The second kappa shape index (κ2) is 7.92. The van der Waals surface area contributed by atoms with Crippen LogP contribution in [0.15, 0.2) is 42.5 Å². The Bertz CT molecular complexity index is 645. The molecular weight excluding hydrogens is 323 g/mol. The van der Waals surface area contributed by atoms with Crippen LogP contribution in [-0.2, 0) is 0 Å². The Morgan fingerprint density at radius 3 is 2.59 bits per heavy atom. The van der Waals surface area contributed by atoms with E-state index in [2.05, 4.69) is 10.6 Å². The molecule has 0 aliphatic rings. The largest absolute Gasteiger partial charge is 0.492 e. The molecule has 0 heterocycles. The van der Waals surface area contributed by atoms with Crippen molar-refractivity contribution in [1.82, 2.24) is 5.32 Å². The van der Waals surface area contributed by atoms with Gasteiger partial charge in [0.1, 0.15) is 12.4 Å². The topological polar surface area (TPSA) is 50.4 Å². The summed E-state index contributed by atoms with van der Waals surface area (Å²) in [6.07, 6.45) is 0. The van der Waals surface area contributed by atoms with Crippen LogP contribution in [0.4, 0.5) is 10.5 Å². The number of anilines is 1. The van der Waals surface area contributed by atoms with Crippen LogP contribution in [0.3, 0.4) is 0 Å². The number of hydrogen-bond donors (Lipinski definition) is 2. The lowest BCUT2D eigenvalue weighted by Crippen LogP contribution is -2.32. The van der Waals surface area contributed by atoms with Gasteiger partial charge in [0.2, 0.25) is 0 Å². The van der Waals surface area contributed by atoms with Crippen molar-refractivity contribution in [1.29, 1.82) is 0 Å². The van der Waals surface area contributed by atoms with Crippen LogP contribution < -0.4 is 15.4 Å². The zero-order valence-corrected chi connectivity index (χ0v) is 13.5. The second-order valence-corrected chi connectivity index (χ2v) is 5.44. The summed E-state index contributed by atoms with van der Waals surface area (Å²) >= 11 is 11.8. The molecule has 2 aromatic rings. The monoisotopic (exact) mass is 338 g/mol. The molecule has 6 heteroatoms. The molecule has 2 aromatic carbocycles. The van der Waals surface area contributed by atoms with Crippen LogP contribution in [0.2, 0.25) is 10.0 Å². The van der Waals surface area contributed by atoms with Gasteiger partial charge in [0, 0.05) is 15.7 Å². The molecule has 0 radical (unpaired) electrons. The number of halogens is 2. The number of carbonyl (C=O) groups is 1. The molecule has 0 saturated carbocycles. The summed E-state index contributed by atoms with van der Waals surface area (Å²) in [5.41, 5.74) is 1.51. The molecule has 2 N–H and O–H groups in total. The van der Waals surface area contributed by atoms with Crippen molar-refractivity contribution in [2.24, 2.45) is 0 Å². The zero-order chi connectivity index (χ0) is 15.9. The molecule has 0 fully saturated rings. The van der Waals surface area contributed by atoms with Gasteiger partial charge >= 0.3 is 6.03 Å². The summed E-state index contributed by atoms with van der Waals surface area (Å²) in [6.45, 7) is 2.60. The summed E-state index contributed by atoms with van der Waals surface area (Å²) in [5.74, 6) is 0.706. The summed E-state index contributed by atoms with van der Waals surface area (Å²) in [7, 11) is 0. The average molecular weight is 339 g/mol. The van der Waals surface area contributed by atoms with Crippen molar-refractivity contribution >= 4 is 34.9 Å². The van der Waals surface area contributed by atoms with Crippen LogP contribution in [0, 0.1) is 6.92 Å². The molecule has 2 rings (SSSR count). The van der Waals surface area contributed by atoms with E-state index >= 15 is 0 Å². The predicted molar refractivity (Wildman–Crippen MR) is 90.2 cm³/mol. The minimum absolute atomic E-state index is 0.301. The second-order valence-electron chi connectivity index (χ2n) is 4.60. The zero-order valence-electron chi connectivity index (χ0n) is 12.0. The molecule has 0 atom stereocenters. The van der Waals surface area contributed by atoms with Gasteiger partial charge in [-0.2, -0.15) is 0 Å². The maximum Gasteiger partial charge on any atom is 0.319 e. The first-order valence-corrected chi connectivity index (χ1v) is 7.50. The number of nitrogens with one attached hydrogen (secondary N) is 2. The van der Waals surface area contributed by atoms with Crippen LogP contribution in [0.25, 0.3) is 0 Å². The molecule has 0 unspecified atom stereocenters. The molecule has 0 bridgehead atoms. The summed E-state index contributed by atoms with van der Waals surface area (Å²) < 4.78 is 5.48. The van der Waals surface area contributed by atoms with E-state index in [9.17, 15) is 4.79 Å². The number of ether oxygens (including phenoxy) is 1. The van der Waals surface area contributed by atoms with Gasteiger partial charge in [-0.3, -0.25) is 0 Å². The van der Waals surface area contributed by atoms with Gasteiger partial charge in [-0.1, -0.05) is 29.3 Å². The van der Waals surface area contributed by atoms with Crippen LogP contribution in [0.5, 0.6) is 5.75 Å². The van der Waals surface area contributed by atoms with Gasteiger partial charge in [-0.15, -0.1) is 0 Å². The summed E-state index contributed by atoms with van der Waals surface area (Å²) in [5, 5.41) is 6.73. The normalized spacial score (nSPS) is 10.1. The van der Waals surface area contributed by atoms with E-state index in [4.69, 9.17) is 27.9 Å². The summed E-state index contributed by atoms with van der Waals surface area (Å²) in [6, 6.07) is 12.1. The molecule has 2 amide bonds. The standard InChI is InChI=1S/C16H16Cl2N2O2/c1-11-14(18)3-2-4-15(11)20-16(21)19-9-10-22-13-7-5-12(17)6-8-13/h2-8H,9-10H2,1H3,(H2,19,20,21). The van der Waals surface area contributed by atoms with Crippen molar-refractivity contribution in [2.75, 3.05) is 18.5 Å². The molecule has 0 aliphatic carbocycles. The lowest BCUT2D eigenvalue weighted by atomic mass is 10.2. The first-order chi connectivity index (χ1) is 10.6. The van der Waals surface area contributed by atoms with Gasteiger partial charge < -0.3 is 15.4 Å². The quantitative estimate of drug-likeness (QED) is 0.788. The Morgan fingerprint density at radius 1 is 1.14 bits per heavy atom. The highest BCUT2D eigenvalue weighted by molar-refractivity contribution is 6.31. The third kappa shape index (κ3) is 4.83. The highest BCUT2D eigenvalue weighted by Gasteiger charge is 2.05. The van der Waals surface area contributed by atoms with Crippen LogP contribution >= 0.6 is 23.2 Å². The van der Waals surface area contributed by atoms with E-state index < -0.39 is 0 Å². The molecule has 4 nitrogen and oxygen atoms in total. The fourth-order valence-corrected chi connectivity index (χ4v) is 2.07. The highest BCUT2D eigenvalue weighted by Crippen LogP contribution is 2.22. The Hall–Kier alpha value is -1.91. The fraction of sp³-hybridized carbons (Fsp3) is 0.188. The lowest BCUT2D eigenvalue weighted by molar-refractivity contribution is 0.247. The SMILES string of the molecule is Cc1c(Cl)cccc1NC(=O)NCCOc1ccc(Cl)cc1. The number of benzene rings is 2. The highest BCUT2D eigenvalue weighted by atomic mass is 35.5. The van der Waals surface area contributed by atoms with E-state index in [1.807, 2.05) is 6.92 Å². The Balaban J connectivity index is 1.74. The number of urea groups is 1. The Kier molecular flexibility index (Phi) is 5.92. The van der Waals surface area contributed by atoms with E-state index in [0.717, 1.165) is 5.56 Å². The van der Waals surface area contributed by atoms with E-state index in [-0.39, 0.29) is 6.03 Å². The first kappa shape index (κ1) is 16.5. The number of carbonyl (C=O) groups excluding carboxylic acids is 1. The molecule has 0 spiro atoms. The fourth-order valence-electron chi connectivity index (χ4n) is 1.77. The third-order valence-corrected chi connectivity index (χ3v) is 3.65. The minimum atomic E-state index is -0.301. The predicted octanol–water partition coefficient (Wildman–Crippen LogP) is 4.50.